The van der Waals surface area contributed by atoms with Crippen molar-refractivity contribution in [1.82, 2.24) is 9.97 Å². The van der Waals surface area contributed by atoms with Crippen LogP contribution in [0.1, 0.15) is 43.5 Å². The molecule has 1 fully saturated rings. The summed E-state index contributed by atoms with van der Waals surface area (Å²) in [6.07, 6.45) is 5.89. The largest absolute Gasteiger partial charge is 0.460 e. The Bertz CT molecular complexity index is 442. The lowest BCUT2D eigenvalue weighted by Gasteiger charge is -2.21. The van der Waals surface area contributed by atoms with Crippen molar-refractivity contribution in [2.45, 2.75) is 45.1 Å². The zero-order valence-electron chi connectivity index (χ0n) is 10.5. The smallest absolute Gasteiger partial charge is 0.317 e. The van der Waals surface area contributed by atoms with Crippen LogP contribution in [0.2, 0.25) is 0 Å². The van der Waals surface area contributed by atoms with Crippen LogP contribution in [0.5, 0.6) is 6.01 Å². The van der Waals surface area contributed by atoms with Gasteiger partial charge in [0.2, 0.25) is 0 Å². The molecule has 1 aromatic rings. The lowest BCUT2D eigenvalue weighted by molar-refractivity contribution is 0.141. The third-order valence-electron chi connectivity index (χ3n) is 3.03. The summed E-state index contributed by atoms with van der Waals surface area (Å²) in [7, 11) is 0. The number of hydrogen-bond acceptors (Lipinski definition) is 5. The van der Waals surface area contributed by atoms with E-state index in [2.05, 4.69) is 15.1 Å². The summed E-state index contributed by atoms with van der Waals surface area (Å²) in [5, 5.41) is 11.6. The van der Waals surface area contributed by atoms with Crippen molar-refractivity contribution in [1.29, 1.82) is 0 Å². The molecule has 0 amide bonds. The summed E-state index contributed by atoms with van der Waals surface area (Å²) in [6.45, 7) is 1.82. The Morgan fingerprint density at radius 3 is 2.78 bits per heavy atom. The molecule has 98 valence electrons. The van der Waals surface area contributed by atoms with Gasteiger partial charge in [0, 0.05) is 5.69 Å². The second-order valence-corrected chi connectivity index (χ2v) is 4.54. The van der Waals surface area contributed by atoms with Gasteiger partial charge in [-0.05, 0) is 38.7 Å². The first-order valence-corrected chi connectivity index (χ1v) is 6.19. The van der Waals surface area contributed by atoms with Crippen molar-refractivity contribution in [2.24, 2.45) is 10.9 Å². The molecule has 18 heavy (non-hydrogen) atoms. The quantitative estimate of drug-likeness (QED) is 0.368. The molecular formula is C12H18N4O2. The van der Waals surface area contributed by atoms with E-state index in [9.17, 15) is 0 Å². The van der Waals surface area contributed by atoms with Crippen molar-refractivity contribution in [3.05, 3.63) is 17.5 Å². The number of oxime groups is 1. The molecule has 1 heterocycles. The van der Waals surface area contributed by atoms with Crippen molar-refractivity contribution < 1.29 is 9.94 Å². The molecule has 0 radical (unpaired) electrons. The molecule has 0 aromatic carbocycles. The van der Waals surface area contributed by atoms with Gasteiger partial charge in [0.15, 0.2) is 5.84 Å². The fourth-order valence-electron chi connectivity index (χ4n) is 2.11. The Morgan fingerprint density at radius 2 is 2.11 bits per heavy atom. The van der Waals surface area contributed by atoms with Crippen LogP contribution in [-0.2, 0) is 0 Å². The Labute approximate surface area is 106 Å². The van der Waals surface area contributed by atoms with Gasteiger partial charge in [-0.2, -0.15) is 4.98 Å². The van der Waals surface area contributed by atoms with Gasteiger partial charge < -0.3 is 15.7 Å². The fourth-order valence-corrected chi connectivity index (χ4v) is 2.11. The van der Waals surface area contributed by atoms with Crippen LogP contribution in [0.3, 0.4) is 0 Å². The SMILES string of the molecule is Cc1cc(/C(N)=N/O)nc(OC2CCCCC2)n1. The lowest BCUT2D eigenvalue weighted by atomic mass is 9.98. The van der Waals surface area contributed by atoms with Gasteiger partial charge in [-0.15, -0.1) is 0 Å². The second-order valence-electron chi connectivity index (χ2n) is 4.54. The van der Waals surface area contributed by atoms with Gasteiger partial charge in [-0.25, -0.2) is 4.98 Å². The molecule has 1 aromatic heterocycles. The Hall–Kier alpha value is -1.85. The van der Waals surface area contributed by atoms with Gasteiger partial charge in [-0.1, -0.05) is 11.6 Å². The third kappa shape index (κ3) is 3.09. The summed E-state index contributed by atoms with van der Waals surface area (Å²) in [6, 6.07) is 1.96. The number of hydrogen-bond donors (Lipinski definition) is 2. The predicted molar refractivity (Wildman–Crippen MR) is 66.8 cm³/mol. The van der Waals surface area contributed by atoms with Crippen molar-refractivity contribution >= 4 is 5.84 Å². The lowest BCUT2D eigenvalue weighted by Crippen LogP contribution is -2.22. The number of amidine groups is 1. The number of nitrogens with two attached hydrogens (primary N) is 1. The number of rotatable bonds is 3. The average Bonchev–Trinajstić information content (AvgIpc) is 2.38. The zero-order valence-corrected chi connectivity index (χ0v) is 10.5. The highest BCUT2D eigenvalue weighted by atomic mass is 16.5. The molecule has 6 nitrogen and oxygen atoms in total. The number of aromatic nitrogens is 2. The van der Waals surface area contributed by atoms with Gasteiger partial charge in [0.05, 0.1) is 0 Å². The molecule has 1 aliphatic rings. The highest BCUT2D eigenvalue weighted by molar-refractivity contribution is 5.95. The molecule has 0 saturated heterocycles. The maximum Gasteiger partial charge on any atom is 0.317 e. The van der Waals surface area contributed by atoms with Crippen LogP contribution in [0.25, 0.3) is 0 Å². The van der Waals surface area contributed by atoms with Gasteiger partial charge in [-0.3, -0.25) is 0 Å². The van der Waals surface area contributed by atoms with Crippen LogP contribution < -0.4 is 10.5 Å². The summed E-state index contributed by atoms with van der Waals surface area (Å²) < 4.78 is 5.76. The highest BCUT2D eigenvalue weighted by Crippen LogP contribution is 2.21. The van der Waals surface area contributed by atoms with E-state index in [0.29, 0.717) is 11.7 Å². The number of nitrogens with zero attached hydrogens (tertiary/aromatic N) is 3. The van der Waals surface area contributed by atoms with E-state index in [4.69, 9.17) is 15.7 Å². The van der Waals surface area contributed by atoms with Crippen LogP contribution in [0, 0.1) is 6.92 Å². The Kier molecular flexibility index (Phi) is 3.96. The monoisotopic (exact) mass is 250 g/mol. The van der Waals surface area contributed by atoms with Gasteiger partial charge >= 0.3 is 6.01 Å². The standard InChI is InChI=1S/C12H18N4O2/c1-8-7-10(11(13)16-17)15-12(14-8)18-9-5-3-2-4-6-9/h7,9,17H,2-6H2,1H3,(H2,13,16). The fraction of sp³-hybridized carbons (Fsp3) is 0.583. The topological polar surface area (TPSA) is 93.6 Å². The van der Waals surface area contributed by atoms with E-state index in [1.54, 1.807) is 6.07 Å². The average molecular weight is 250 g/mol. The Morgan fingerprint density at radius 1 is 1.39 bits per heavy atom. The number of aryl methyl sites for hydroxylation is 1. The van der Waals surface area contributed by atoms with E-state index in [0.717, 1.165) is 18.5 Å². The number of ether oxygens (including phenoxy) is 1. The molecule has 0 atom stereocenters. The van der Waals surface area contributed by atoms with E-state index < -0.39 is 0 Å². The minimum absolute atomic E-state index is 0.0333. The molecular weight excluding hydrogens is 232 g/mol. The molecule has 1 aliphatic carbocycles. The normalized spacial score (nSPS) is 17.7. The maximum atomic E-state index is 8.65. The molecule has 0 bridgehead atoms. The van der Waals surface area contributed by atoms with Gasteiger partial charge in [0.25, 0.3) is 0 Å². The Balaban J connectivity index is 2.14. The molecule has 0 unspecified atom stereocenters. The minimum Gasteiger partial charge on any atom is -0.460 e. The highest BCUT2D eigenvalue weighted by Gasteiger charge is 2.17. The van der Waals surface area contributed by atoms with Gasteiger partial charge in [0.1, 0.15) is 11.8 Å². The van der Waals surface area contributed by atoms with E-state index >= 15 is 0 Å². The summed E-state index contributed by atoms with van der Waals surface area (Å²) in [4.78, 5) is 8.37. The molecule has 3 N–H and O–H groups in total. The summed E-state index contributed by atoms with van der Waals surface area (Å²) in [5.41, 5.74) is 6.64. The first-order valence-electron chi connectivity index (χ1n) is 6.19. The molecule has 2 rings (SSSR count). The maximum absolute atomic E-state index is 8.65. The van der Waals surface area contributed by atoms with E-state index in [-0.39, 0.29) is 11.9 Å². The van der Waals surface area contributed by atoms with Crippen LogP contribution in [-0.4, -0.2) is 27.1 Å². The van der Waals surface area contributed by atoms with E-state index in [1.807, 2.05) is 6.92 Å². The van der Waals surface area contributed by atoms with E-state index in [1.165, 1.54) is 19.3 Å². The second kappa shape index (κ2) is 5.66. The van der Waals surface area contributed by atoms with Crippen LogP contribution >= 0.6 is 0 Å². The molecule has 1 saturated carbocycles. The zero-order chi connectivity index (χ0) is 13.0. The summed E-state index contributed by atoms with van der Waals surface area (Å²) in [5.74, 6) is -0.0333. The van der Waals surface area contributed by atoms with Crippen molar-refractivity contribution in [3.63, 3.8) is 0 Å². The van der Waals surface area contributed by atoms with Crippen molar-refractivity contribution in [3.8, 4) is 6.01 Å². The molecule has 0 aliphatic heterocycles. The molecule has 6 heteroatoms. The molecule has 0 spiro atoms. The first kappa shape index (κ1) is 12.6. The minimum atomic E-state index is -0.0333. The first-order chi connectivity index (χ1) is 8.69. The third-order valence-corrected chi connectivity index (χ3v) is 3.03. The van der Waals surface area contributed by atoms with Crippen LogP contribution in [0.4, 0.5) is 0 Å². The predicted octanol–water partition coefficient (Wildman–Crippen LogP) is 1.59. The summed E-state index contributed by atoms with van der Waals surface area (Å²) >= 11 is 0. The van der Waals surface area contributed by atoms with Crippen LogP contribution in [0.15, 0.2) is 11.2 Å². The van der Waals surface area contributed by atoms with Crippen molar-refractivity contribution in [2.75, 3.05) is 0 Å².